The highest BCUT2D eigenvalue weighted by molar-refractivity contribution is 6.06. The molecule has 0 saturated carbocycles. The minimum Gasteiger partial charge on any atom is -0.478 e. The van der Waals surface area contributed by atoms with E-state index < -0.39 is 23.4 Å². The van der Waals surface area contributed by atoms with E-state index in [9.17, 15) is 18.4 Å². The molecule has 0 heterocycles. The number of benzene rings is 2. The standard InChI is InChI=1S/C16H10F2O3/c17-13-6-5-11(9-14(13)18)15(19)7-4-10-2-1-3-12(8-10)16(20)21/h1-9H,(H,20,21)/b7-4+. The highest BCUT2D eigenvalue weighted by Gasteiger charge is 2.07. The number of halogens is 2. The molecule has 0 bridgehead atoms. The van der Waals surface area contributed by atoms with Crippen molar-refractivity contribution < 1.29 is 23.5 Å². The summed E-state index contributed by atoms with van der Waals surface area (Å²) in [7, 11) is 0. The summed E-state index contributed by atoms with van der Waals surface area (Å²) in [6.45, 7) is 0. The zero-order valence-corrected chi connectivity index (χ0v) is 10.7. The monoisotopic (exact) mass is 288 g/mol. The first-order valence-electron chi connectivity index (χ1n) is 5.98. The summed E-state index contributed by atoms with van der Waals surface area (Å²) < 4.78 is 25.8. The van der Waals surface area contributed by atoms with Crippen LogP contribution in [0.15, 0.2) is 48.5 Å². The second-order valence-corrected chi connectivity index (χ2v) is 4.26. The highest BCUT2D eigenvalue weighted by atomic mass is 19.2. The van der Waals surface area contributed by atoms with E-state index in [4.69, 9.17) is 5.11 Å². The van der Waals surface area contributed by atoms with Gasteiger partial charge in [0.15, 0.2) is 17.4 Å². The molecule has 0 aliphatic rings. The van der Waals surface area contributed by atoms with Crippen molar-refractivity contribution in [2.45, 2.75) is 0 Å². The van der Waals surface area contributed by atoms with E-state index in [-0.39, 0.29) is 11.1 Å². The van der Waals surface area contributed by atoms with Crippen molar-refractivity contribution in [2.75, 3.05) is 0 Å². The van der Waals surface area contributed by atoms with Crippen LogP contribution in [0.4, 0.5) is 8.78 Å². The van der Waals surface area contributed by atoms with Crippen LogP contribution < -0.4 is 0 Å². The summed E-state index contributed by atoms with van der Waals surface area (Å²) in [4.78, 5) is 22.6. The fourth-order valence-corrected chi connectivity index (χ4v) is 1.69. The average molecular weight is 288 g/mol. The van der Waals surface area contributed by atoms with Gasteiger partial charge in [-0.05, 0) is 42.0 Å². The maximum atomic E-state index is 13.0. The molecule has 5 heteroatoms. The molecule has 0 unspecified atom stereocenters. The number of hydrogen-bond acceptors (Lipinski definition) is 2. The maximum absolute atomic E-state index is 13.0. The van der Waals surface area contributed by atoms with Crippen LogP contribution in [0.3, 0.4) is 0 Å². The Morgan fingerprint density at radius 3 is 2.38 bits per heavy atom. The lowest BCUT2D eigenvalue weighted by atomic mass is 10.1. The maximum Gasteiger partial charge on any atom is 0.335 e. The number of carbonyl (C=O) groups excluding carboxylic acids is 1. The fourth-order valence-electron chi connectivity index (χ4n) is 1.69. The second kappa shape index (κ2) is 6.09. The van der Waals surface area contributed by atoms with Crippen LogP contribution in [0, 0.1) is 11.6 Å². The molecule has 0 aromatic heterocycles. The summed E-state index contributed by atoms with van der Waals surface area (Å²) in [6, 6.07) is 8.87. The third-order valence-electron chi connectivity index (χ3n) is 2.76. The molecule has 0 spiro atoms. The van der Waals surface area contributed by atoms with Crippen LogP contribution in [0.1, 0.15) is 26.3 Å². The summed E-state index contributed by atoms with van der Waals surface area (Å²) in [6.07, 6.45) is 2.59. The summed E-state index contributed by atoms with van der Waals surface area (Å²) in [5.41, 5.74) is 0.628. The van der Waals surface area contributed by atoms with Gasteiger partial charge in [-0.25, -0.2) is 13.6 Å². The largest absolute Gasteiger partial charge is 0.478 e. The zero-order valence-electron chi connectivity index (χ0n) is 10.7. The molecule has 0 aliphatic heterocycles. The molecule has 2 aromatic rings. The molecular weight excluding hydrogens is 278 g/mol. The van der Waals surface area contributed by atoms with Crippen molar-refractivity contribution in [1.82, 2.24) is 0 Å². The zero-order chi connectivity index (χ0) is 15.4. The smallest absolute Gasteiger partial charge is 0.335 e. The normalized spacial score (nSPS) is 10.8. The fraction of sp³-hybridized carbons (Fsp3) is 0. The Balaban J connectivity index is 2.20. The number of aromatic carboxylic acids is 1. The van der Waals surface area contributed by atoms with Crippen molar-refractivity contribution in [2.24, 2.45) is 0 Å². The van der Waals surface area contributed by atoms with Crippen LogP contribution in [0.25, 0.3) is 6.08 Å². The second-order valence-electron chi connectivity index (χ2n) is 4.26. The molecule has 2 aromatic carbocycles. The van der Waals surface area contributed by atoms with E-state index in [0.29, 0.717) is 5.56 Å². The number of ketones is 1. The third kappa shape index (κ3) is 3.60. The molecule has 0 aliphatic carbocycles. The lowest BCUT2D eigenvalue weighted by Gasteiger charge is -1.98. The van der Waals surface area contributed by atoms with Gasteiger partial charge in [0.25, 0.3) is 0 Å². The minimum absolute atomic E-state index is 0.0135. The van der Waals surface area contributed by atoms with E-state index in [1.165, 1.54) is 30.4 Å². The molecule has 0 fully saturated rings. The predicted octanol–water partition coefficient (Wildman–Crippen LogP) is 3.56. The molecule has 0 radical (unpaired) electrons. The number of carbonyl (C=O) groups is 2. The SMILES string of the molecule is O=C(O)c1cccc(/C=C/C(=O)c2ccc(F)c(F)c2)c1. The summed E-state index contributed by atoms with van der Waals surface area (Å²) in [5.74, 6) is -3.70. The summed E-state index contributed by atoms with van der Waals surface area (Å²) >= 11 is 0. The van der Waals surface area contributed by atoms with Gasteiger partial charge in [0.1, 0.15) is 0 Å². The van der Waals surface area contributed by atoms with Gasteiger partial charge in [-0.15, -0.1) is 0 Å². The van der Waals surface area contributed by atoms with Gasteiger partial charge in [0, 0.05) is 5.56 Å². The van der Waals surface area contributed by atoms with Crippen molar-refractivity contribution in [3.63, 3.8) is 0 Å². The average Bonchev–Trinajstić information content (AvgIpc) is 2.48. The van der Waals surface area contributed by atoms with E-state index in [1.54, 1.807) is 12.1 Å². The lowest BCUT2D eigenvalue weighted by Crippen LogP contribution is -1.97. The molecule has 2 rings (SSSR count). The number of carboxylic acid groups (broad SMARTS) is 1. The van der Waals surface area contributed by atoms with Gasteiger partial charge in [0.05, 0.1) is 5.56 Å². The third-order valence-corrected chi connectivity index (χ3v) is 2.76. The van der Waals surface area contributed by atoms with Gasteiger partial charge >= 0.3 is 5.97 Å². The van der Waals surface area contributed by atoms with Crippen LogP contribution in [-0.4, -0.2) is 16.9 Å². The highest BCUT2D eigenvalue weighted by Crippen LogP contribution is 2.12. The molecule has 0 saturated heterocycles. The van der Waals surface area contributed by atoms with E-state index in [0.717, 1.165) is 12.1 Å². The molecule has 106 valence electrons. The van der Waals surface area contributed by atoms with Crippen LogP contribution in [-0.2, 0) is 0 Å². The number of allylic oxidation sites excluding steroid dienone is 1. The number of rotatable bonds is 4. The first-order chi connectivity index (χ1) is 9.97. The van der Waals surface area contributed by atoms with Crippen molar-refractivity contribution in [3.8, 4) is 0 Å². The number of carboxylic acids is 1. The Kier molecular flexibility index (Phi) is 4.23. The van der Waals surface area contributed by atoms with Gasteiger partial charge in [-0.3, -0.25) is 4.79 Å². The molecule has 1 N–H and O–H groups in total. The summed E-state index contributed by atoms with van der Waals surface area (Å²) in [5, 5.41) is 8.85. The lowest BCUT2D eigenvalue weighted by molar-refractivity contribution is 0.0696. The molecule has 3 nitrogen and oxygen atoms in total. The molecule has 0 amide bonds. The molecule has 21 heavy (non-hydrogen) atoms. The molecular formula is C16H10F2O3. The van der Waals surface area contributed by atoms with Gasteiger partial charge in [-0.1, -0.05) is 18.2 Å². The minimum atomic E-state index is -1.10. The first-order valence-corrected chi connectivity index (χ1v) is 5.98. The Morgan fingerprint density at radius 1 is 0.952 bits per heavy atom. The number of hydrogen-bond donors (Lipinski definition) is 1. The van der Waals surface area contributed by atoms with Crippen LogP contribution in [0.2, 0.25) is 0 Å². The Hall–Kier alpha value is -2.82. The topological polar surface area (TPSA) is 54.4 Å². The van der Waals surface area contributed by atoms with E-state index >= 15 is 0 Å². The van der Waals surface area contributed by atoms with Crippen molar-refractivity contribution in [1.29, 1.82) is 0 Å². The van der Waals surface area contributed by atoms with Crippen LogP contribution in [0.5, 0.6) is 0 Å². The van der Waals surface area contributed by atoms with Gasteiger partial charge in [-0.2, -0.15) is 0 Å². The van der Waals surface area contributed by atoms with Crippen molar-refractivity contribution in [3.05, 3.63) is 76.9 Å². The predicted molar refractivity (Wildman–Crippen MR) is 73.1 cm³/mol. The van der Waals surface area contributed by atoms with Crippen LogP contribution >= 0.6 is 0 Å². The Bertz CT molecular complexity index is 736. The molecule has 0 atom stereocenters. The van der Waals surface area contributed by atoms with Crippen molar-refractivity contribution >= 4 is 17.8 Å². The first kappa shape index (κ1) is 14.6. The van der Waals surface area contributed by atoms with E-state index in [1.807, 2.05) is 0 Å². The quantitative estimate of drug-likeness (QED) is 0.691. The van der Waals surface area contributed by atoms with Gasteiger partial charge < -0.3 is 5.11 Å². The van der Waals surface area contributed by atoms with Gasteiger partial charge in [0.2, 0.25) is 0 Å². The van der Waals surface area contributed by atoms with E-state index in [2.05, 4.69) is 0 Å². The Morgan fingerprint density at radius 2 is 1.71 bits per heavy atom. The Labute approximate surface area is 119 Å².